The lowest BCUT2D eigenvalue weighted by Gasteiger charge is -2.12. The fourth-order valence-corrected chi connectivity index (χ4v) is 1.55. The normalized spacial score (nSPS) is 11.8. The van der Waals surface area contributed by atoms with Gasteiger partial charge < -0.3 is 16.8 Å². The summed E-state index contributed by atoms with van der Waals surface area (Å²) in [7, 11) is 0. The maximum Gasteiger partial charge on any atom is 0.224 e. The van der Waals surface area contributed by atoms with Crippen molar-refractivity contribution in [2.75, 3.05) is 5.73 Å². The molecule has 0 radical (unpaired) electrons. The van der Waals surface area contributed by atoms with Crippen LogP contribution in [0.3, 0.4) is 0 Å². The summed E-state index contributed by atoms with van der Waals surface area (Å²) < 4.78 is 0. The Morgan fingerprint density at radius 2 is 2.00 bits per heavy atom. The van der Waals surface area contributed by atoms with Crippen molar-refractivity contribution in [3.63, 3.8) is 0 Å². The van der Waals surface area contributed by atoms with Gasteiger partial charge in [-0.05, 0) is 18.6 Å². The third-order valence-electron chi connectivity index (χ3n) is 2.32. The van der Waals surface area contributed by atoms with Gasteiger partial charge in [0.05, 0.1) is 6.42 Å². The number of hydrogen-bond donors (Lipinski definition) is 3. The predicted octanol–water partition coefficient (Wildman–Crippen LogP) is 0.191. The minimum Gasteiger partial charge on any atom is -0.398 e. The molecule has 1 atom stereocenters. The van der Waals surface area contributed by atoms with E-state index in [1.54, 1.807) is 19.1 Å². The zero-order chi connectivity index (χ0) is 12.8. The van der Waals surface area contributed by atoms with E-state index in [4.69, 9.17) is 11.5 Å². The van der Waals surface area contributed by atoms with E-state index in [-0.39, 0.29) is 24.8 Å². The zero-order valence-electron chi connectivity index (χ0n) is 9.77. The first-order valence-electron chi connectivity index (χ1n) is 5.40. The van der Waals surface area contributed by atoms with Crippen molar-refractivity contribution in [3.8, 4) is 0 Å². The summed E-state index contributed by atoms with van der Waals surface area (Å²) in [5, 5.41) is 2.69. The van der Waals surface area contributed by atoms with Gasteiger partial charge in [0.25, 0.3) is 0 Å². The van der Waals surface area contributed by atoms with E-state index in [9.17, 15) is 9.59 Å². The summed E-state index contributed by atoms with van der Waals surface area (Å²) in [6.45, 7) is 1.73. The van der Waals surface area contributed by atoms with Gasteiger partial charge in [-0.3, -0.25) is 9.59 Å². The molecule has 0 fully saturated rings. The zero-order valence-corrected chi connectivity index (χ0v) is 9.77. The summed E-state index contributed by atoms with van der Waals surface area (Å²) in [5.41, 5.74) is 12.1. The van der Waals surface area contributed by atoms with Gasteiger partial charge in [-0.2, -0.15) is 0 Å². The molecular weight excluding hydrogens is 218 g/mol. The number of carbonyl (C=O) groups excluding carboxylic acids is 2. The molecule has 5 heteroatoms. The van der Waals surface area contributed by atoms with Crippen LogP contribution in [0.2, 0.25) is 0 Å². The van der Waals surface area contributed by atoms with E-state index < -0.39 is 5.91 Å². The number of rotatable bonds is 5. The van der Waals surface area contributed by atoms with Gasteiger partial charge in [0.1, 0.15) is 0 Å². The molecule has 0 saturated carbocycles. The molecule has 2 amide bonds. The quantitative estimate of drug-likeness (QED) is 0.635. The molecule has 0 aliphatic carbocycles. The Balaban J connectivity index is 2.50. The lowest BCUT2D eigenvalue weighted by atomic mass is 10.1. The van der Waals surface area contributed by atoms with Crippen molar-refractivity contribution >= 4 is 17.5 Å². The van der Waals surface area contributed by atoms with Gasteiger partial charge in [0, 0.05) is 18.2 Å². The molecule has 0 spiro atoms. The molecule has 1 unspecified atom stereocenters. The number of anilines is 1. The second kappa shape index (κ2) is 5.89. The Labute approximate surface area is 100 Å². The highest BCUT2D eigenvalue weighted by molar-refractivity contribution is 5.81. The number of primary amides is 1. The van der Waals surface area contributed by atoms with Crippen molar-refractivity contribution in [1.82, 2.24) is 5.32 Å². The monoisotopic (exact) mass is 235 g/mol. The lowest BCUT2D eigenvalue weighted by molar-refractivity contribution is -0.121. The summed E-state index contributed by atoms with van der Waals surface area (Å²) in [6, 6.07) is 6.92. The molecule has 1 rings (SSSR count). The molecule has 0 saturated heterocycles. The number of para-hydroxylation sites is 1. The van der Waals surface area contributed by atoms with Crippen molar-refractivity contribution in [1.29, 1.82) is 0 Å². The molecule has 1 aromatic carbocycles. The van der Waals surface area contributed by atoms with Crippen LogP contribution in [0.15, 0.2) is 24.3 Å². The van der Waals surface area contributed by atoms with E-state index in [1.807, 2.05) is 12.1 Å². The second-order valence-electron chi connectivity index (χ2n) is 4.01. The molecule has 0 bridgehead atoms. The van der Waals surface area contributed by atoms with Gasteiger partial charge in [-0.15, -0.1) is 0 Å². The largest absolute Gasteiger partial charge is 0.398 e. The number of carbonyl (C=O) groups is 2. The molecule has 0 aliphatic heterocycles. The Morgan fingerprint density at radius 1 is 1.35 bits per heavy atom. The smallest absolute Gasteiger partial charge is 0.224 e. The summed E-state index contributed by atoms with van der Waals surface area (Å²) >= 11 is 0. The summed E-state index contributed by atoms with van der Waals surface area (Å²) in [4.78, 5) is 22.3. The Kier molecular flexibility index (Phi) is 4.51. The molecule has 17 heavy (non-hydrogen) atoms. The Morgan fingerprint density at radius 3 is 2.59 bits per heavy atom. The average molecular weight is 235 g/mol. The highest BCUT2D eigenvalue weighted by Crippen LogP contribution is 2.10. The van der Waals surface area contributed by atoms with Crippen molar-refractivity contribution in [2.24, 2.45) is 5.73 Å². The van der Waals surface area contributed by atoms with E-state index >= 15 is 0 Å². The fraction of sp³-hybridized carbons (Fsp3) is 0.333. The number of benzene rings is 1. The number of amides is 2. The van der Waals surface area contributed by atoms with Crippen molar-refractivity contribution < 1.29 is 9.59 Å². The molecule has 92 valence electrons. The van der Waals surface area contributed by atoms with Crippen LogP contribution in [-0.4, -0.2) is 17.9 Å². The van der Waals surface area contributed by atoms with E-state index in [0.717, 1.165) is 5.56 Å². The van der Waals surface area contributed by atoms with Crippen LogP contribution in [0.25, 0.3) is 0 Å². The molecule has 5 nitrogen and oxygen atoms in total. The first-order chi connectivity index (χ1) is 7.99. The third kappa shape index (κ3) is 4.55. The minimum absolute atomic E-state index is 0.135. The van der Waals surface area contributed by atoms with Crippen molar-refractivity contribution in [3.05, 3.63) is 29.8 Å². The highest BCUT2D eigenvalue weighted by Gasteiger charge is 2.11. The molecule has 0 aliphatic rings. The van der Waals surface area contributed by atoms with Crippen LogP contribution < -0.4 is 16.8 Å². The van der Waals surface area contributed by atoms with Crippen LogP contribution in [0.1, 0.15) is 18.9 Å². The van der Waals surface area contributed by atoms with Crippen LogP contribution >= 0.6 is 0 Å². The van der Waals surface area contributed by atoms with Gasteiger partial charge in [-0.1, -0.05) is 18.2 Å². The van der Waals surface area contributed by atoms with E-state index in [1.165, 1.54) is 0 Å². The first kappa shape index (κ1) is 13.0. The average Bonchev–Trinajstić information content (AvgIpc) is 2.19. The molecule has 1 aromatic rings. The standard InChI is InChI=1S/C12H17N3O2/c1-8(6-11(14)16)15-12(17)7-9-4-2-3-5-10(9)13/h2-5,8H,6-7,13H2,1H3,(H2,14,16)(H,15,17). The lowest BCUT2D eigenvalue weighted by Crippen LogP contribution is -2.36. The van der Waals surface area contributed by atoms with Crippen LogP contribution in [0.4, 0.5) is 5.69 Å². The SMILES string of the molecule is CC(CC(N)=O)NC(=O)Cc1ccccc1N. The summed E-state index contributed by atoms with van der Waals surface area (Å²) in [6.07, 6.45) is 0.339. The highest BCUT2D eigenvalue weighted by atomic mass is 16.2. The van der Waals surface area contributed by atoms with Gasteiger partial charge in [-0.25, -0.2) is 0 Å². The van der Waals surface area contributed by atoms with Gasteiger partial charge in [0.2, 0.25) is 11.8 Å². The minimum atomic E-state index is -0.433. The second-order valence-corrected chi connectivity index (χ2v) is 4.01. The maximum absolute atomic E-state index is 11.6. The molecule has 0 aromatic heterocycles. The number of nitrogen functional groups attached to an aromatic ring is 1. The van der Waals surface area contributed by atoms with Gasteiger partial charge in [0.15, 0.2) is 0 Å². The topological polar surface area (TPSA) is 98.2 Å². The van der Waals surface area contributed by atoms with Crippen molar-refractivity contribution in [2.45, 2.75) is 25.8 Å². The fourth-order valence-electron chi connectivity index (χ4n) is 1.55. The van der Waals surface area contributed by atoms with Crippen LogP contribution in [-0.2, 0) is 16.0 Å². The maximum atomic E-state index is 11.6. The third-order valence-corrected chi connectivity index (χ3v) is 2.32. The predicted molar refractivity (Wildman–Crippen MR) is 66.0 cm³/mol. The Hall–Kier alpha value is -2.04. The molecular formula is C12H17N3O2. The molecule has 5 N–H and O–H groups in total. The number of nitrogens with two attached hydrogens (primary N) is 2. The Bertz CT molecular complexity index is 418. The van der Waals surface area contributed by atoms with Crippen LogP contribution in [0, 0.1) is 0 Å². The number of nitrogens with one attached hydrogen (secondary N) is 1. The summed E-state index contributed by atoms with van der Waals surface area (Å²) in [5.74, 6) is -0.603. The van der Waals surface area contributed by atoms with Gasteiger partial charge >= 0.3 is 0 Å². The number of hydrogen-bond acceptors (Lipinski definition) is 3. The first-order valence-corrected chi connectivity index (χ1v) is 5.40. The van der Waals surface area contributed by atoms with E-state index in [0.29, 0.717) is 5.69 Å². The molecule has 0 heterocycles. The van der Waals surface area contributed by atoms with E-state index in [2.05, 4.69) is 5.32 Å². The van der Waals surface area contributed by atoms with Crippen LogP contribution in [0.5, 0.6) is 0 Å².